The Kier molecular flexibility index (Phi) is 4.65. The maximum atomic E-state index is 11.6. The van der Waals surface area contributed by atoms with E-state index in [0.29, 0.717) is 16.3 Å². The molecule has 0 saturated carbocycles. The lowest BCUT2D eigenvalue weighted by Gasteiger charge is -2.08. The monoisotopic (exact) mass is 285 g/mol. The highest BCUT2D eigenvalue weighted by Crippen LogP contribution is 2.20. The molecular formula is C16H12ClNO2. The average molecular weight is 286 g/mol. The van der Waals surface area contributed by atoms with Gasteiger partial charge in [-0.05, 0) is 23.8 Å². The minimum atomic E-state index is -0.543. The zero-order valence-corrected chi connectivity index (χ0v) is 11.4. The lowest BCUT2D eigenvalue weighted by Crippen LogP contribution is -2.13. The fourth-order valence-electron chi connectivity index (χ4n) is 1.59. The minimum absolute atomic E-state index is 0.211. The molecular weight excluding hydrogens is 274 g/mol. The summed E-state index contributed by atoms with van der Waals surface area (Å²) >= 11 is 5.95. The molecule has 0 fully saturated rings. The molecule has 1 amide bonds. The molecule has 0 saturated heterocycles. The number of amides is 1. The van der Waals surface area contributed by atoms with Crippen LogP contribution in [0.25, 0.3) is 0 Å². The molecule has 2 aromatic rings. The summed E-state index contributed by atoms with van der Waals surface area (Å²) in [5.74, 6) is 2.45. The van der Waals surface area contributed by atoms with Gasteiger partial charge in [-0.2, -0.15) is 0 Å². The molecule has 2 aromatic carbocycles. The lowest BCUT2D eigenvalue weighted by atomic mass is 10.2. The van der Waals surface area contributed by atoms with Gasteiger partial charge in [0.25, 0.3) is 0 Å². The molecule has 20 heavy (non-hydrogen) atoms. The van der Waals surface area contributed by atoms with Gasteiger partial charge < -0.3 is 4.74 Å². The van der Waals surface area contributed by atoms with Crippen molar-refractivity contribution in [3.05, 3.63) is 64.7 Å². The number of anilines is 1. The van der Waals surface area contributed by atoms with Crippen LogP contribution in [0.4, 0.5) is 10.5 Å². The number of carbonyl (C=O) groups is 1. The summed E-state index contributed by atoms with van der Waals surface area (Å²) < 4.78 is 5.09. The molecule has 0 spiro atoms. The van der Waals surface area contributed by atoms with E-state index >= 15 is 0 Å². The number of hydrogen-bond acceptors (Lipinski definition) is 2. The first-order chi connectivity index (χ1) is 9.69. The van der Waals surface area contributed by atoms with E-state index in [4.69, 9.17) is 22.8 Å². The highest BCUT2D eigenvalue weighted by molar-refractivity contribution is 6.32. The van der Waals surface area contributed by atoms with E-state index < -0.39 is 6.09 Å². The van der Waals surface area contributed by atoms with Crippen molar-refractivity contribution in [2.75, 3.05) is 5.32 Å². The fraction of sp³-hybridized carbons (Fsp3) is 0.0625. The number of benzene rings is 2. The van der Waals surface area contributed by atoms with Gasteiger partial charge in [-0.1, -0.05) is 47.9 Å². The molecule has 0 bridgehead atoms. The Bertz CT molecular complexity index is 647. The van der Waals surface area contributed by atoms with Gasteiger partial charge in [0.15, 0.2) is 0 Å². The minimum Gasteiger partial charge on any atom is -0.444 e. The van der Waals surface area contributed by atoms with Crippen molar-refractivity contribution in [1.29, 1.82) is 0 Å². The summed E-state index contributed by atoms with van der Waals surface area (Å²) in [5.41, 5.74) is 2.03. The van der Waals surface area contributed by atoms with Gasteiger partial charge in [0.1, 0.15) is 6.61 Å². The molecule has 1 N–H and O–H groups in total. The van der Waals surface area contributed by atoms with E-state index in [2.05, 4.69) is 11.2 Å². The van der Waals surface area contributed by atoms with Crippen molar-refractivity contribution in [2.45, 2.75) is 6.61 Å². The second-order valence-electron chi connectivity index (χ2n) is 4.03. The number of halogens is 1. The molecule has 0 atom stereocenters. The number of nitrogens with one attached hydrogen (secondary N) is 1. The van der Waals surface area contributed by atoms with Gasteiger partial charge in [-0.15, -0.1) is 6.42 Å². The quantitative estimate of drug-likeness (QED) is 0.863. The van der Waals surface area contributed by atoms with Crippen molar-refractivity contribution in [3.63, 3.8) is 0 Å². The maximum Gasteiger partial charge on any atom is 0.411 e. The van der Waals surface area contributed by atoms with Crippen LogP contribution in [0.3, 0.4) is 0 Å². The highest BCUT2D eigenvalue weighted by atomic mass is 35.5. The van der Waals surface area contributed by atoms with Crippen molar-refractivity contribution in [3.8, 4) is 12.3 Å². The molecule has 0 heterocycles. The topological polar surface area (TPSA) is 38.3 Å². The Hall–Kier alpha value is -2.44. The largest absolute Gasteiger partial charge is 0.444 e. The number of rotatable bonds is 3. The summed E-state index contributed by atoms with van der Waals surface area (Å²) in [6.07, 6.45) is 4.72. The molecule has 100 valence electrons. The van der Waals surface area contributed by atoms with Crippen molar-refractivity contribution in [2.24, 2.45) is 0 Å². The predicted molar refractivity (Wildman–Crippen MR) is 79.6 cm³/mol. The van der Waals surface area contributed by atoms with Crippen molar-refractivity contribution >= 4 is 23.4 Å². The second-order valence-corrected chi connectivity index (χ2v) is 4.43. The molecule has 0 aliphatic rings. The molecule has 0 aliphatic carbocycles. The molecule has 0 aliphatic heterocycles. The van der Waals surface area contributed by atoms with Crippen LogP contribution >= 0.6 is 11.6 Å². The van der Waals surface area contributed by atoms with Crippen LogP contribution in [-0.2, 0) is 11.3 Å². The second kappa shape index (κ2) is 6.65. The maximum absolute atomic E-state index is 11.6. The van der Waals surface area contributed by atoms with Gasteiger partial charge in [0.2, 0.25) is 0 Å². The van der Waals surface area contributed by atoms with Crippen LogP contribution in [-0.4, -0.2) is 6.09 Å². The van der Waals surface area contributed by atoms with Crippen molar-refractivity contribution in [1.82, 2.24) is 0 Å². The first-order valence-corrected chi connectivity index (χ1v) is 6.30. The van der Waals surface area contributed by atoms with E-state index in [0.717, 1.165) is 5.56 Å². The van der Waals surface area contributed by atoms with E-state index in [-0.39, 0.29) is 6.61 Å². The normalized spacial score (nSPS) is 9.60. The van der Waals surface area contributed by atoms with Gasteiger partial charge in [0.05, 0.1) is 5.02 Å². The van der Waals surface area contributed by atoms with E-state index in [1.165, 1.54) is 0 Å². The Balaban J connectivity index is 1.92. The van der Waals surface area contributed by atoms with Gasteiger partial charge >= 0.3 is 6.09 Å². The lowest BCUT2D eigenvalue weighted by molar-refractivity contribution is 0.155. The number of ether oxygens (including phenoxy) is 1. The Morgan fingerprint density at radius 2 is 2.00 bits per heavy atom. The zero-order valence-electron chi connectivity index (χ0n) is 10.6. The summed E-state index contributed by atoms with van der Waals surface area (Å²) in [4.78, 5) is 11.6. The molecule has 0 aromatic heterocycles. The summed E-state index contributed by atoms with van der Waals surface area (Å²) in [5, 5.41) is 3.00. The Morgan fingerprint density at radius 3 is 2.65 bits per heavy atom. The Labute approximate surface area is 122 Å². The number of carbonyl (C=O) groups excluding carboxylic acids is 1. The van der Waals surface area contributed by atoms with Gasteiger partial charge in [-0.25, -0.2) is 4.79 Å². The zero-order chi connectivity index (χ0) is 14.4. The highest BCUT2D eigenvalue weighted by Gasteiger charge is 2.05. The average Bonchev–Trinajstić information content (AvgIpc) is 2.46. The number of hydrogen-bond donors (Lipinski definition) is 1. The van der Waals surface area contributed by atoms with Gasteiger partial charge in [0, 0.05) is 11.3 Å². The van der Waals surface area contributed by atoms with Gasteiger partial charge in [-0.3, -0.25) is 5.32 Å². The standard InChI is InChI=1S/C16H12ClNO2/c1-2-13-8-9-14(10-15(13)17)18-16(19)20-11-12-6-4-3-5-7-12/h1,3-10H,11H2,(H,18,19). The molecule has 4 heteroatoms. The number of terminal acetylenes is 1. The first-order valence-electron chi connectivity index (χ1n) is 5.93. The molecule has 0 radical (unpaired) electrons. The van der Waals surface area contributed by atoms with Crippen molar-refractivity contribution < 1.29 is 9.53 Å². The van der Waals surface area contributed by atoms with E-state index in [9.17, 15) is 4.79 Å². The third-order valence-electron chi connectivity index (χ3n) is 2.58. The molecule has 0 unspecified atom stereocenters. The van der Waals surface area contributed by atoms with Crippen LogP contribution in [0, 0.1) is 12.3 Å². The van der Waals surface area contributed by atoms with Crippen LogP contribution in [0.2, 0.25) is 5.02 Å². The van der Waals surface area contributed by atoms with Crippen LogP contribution in [0.1, 0.15) is 11.1 Å². The Morgan fingerprint density at radius 1 is 1.25 bits per heavy atom. The third kappa shape index (κ3) is 3.78. The third-order valence-corrected chi connectivity index (χ3v) is 2.90. The van der Waals surface area contributed by atoms with Crippen LogP contribution < -0.4 is 5.32 Å². The van der Waals surface area contributed by atoms with Crippen LogP contribution in [0.15, 0.2) is 48.5 Å². The van der Waals surface area contributed by atoms with Crippen LogP contribution in [0.5, 0.6) is 0 Å². The first kappa shape index (κ1) is 14.0. The SMILES string of the molecule is C#Cc1ccc(NC(=O)OCc2ccccc2)cc1Cl. The predicted octanol–water partition coefficient (Wildman–Crippen LogP) is 4.07. The summed E-state index contributed by atoms with van der Waals surface area (Å²) in [6, 6.07) is 14.3. The molecule has 3 nitrogen and oxygen atoms in total. The van der Waals surface area contributed by atoms with E-state index in [1.807, 2.05) is 30.3 Å². The fourth-order valence-corrected chi connectivity index (χ4v) is 1.82. The van der Waals surface area contributed by atoms with E-state index in [1.54, 1.807) is 18.2 Å². The molecule has 2 rings (SSSR count). The summed E-state index contributed by atoms with van der Waals surface area (Å²) in [6.45, 7) is 0.211. The smallest absolute Gasteiger partial charge is 0.411 e. The summed E-state index contributed by atoms with van der Waals surface area (Å²) in [7, 11) is 0.